The van der Waals surface area contributed by atoms with Crippen molar-refractivity contribution in [2.45, 2.75) is 36.8 Å². The maximum Gasteiger partial charge on any atom is 0.406 e. The van der Waals surface area contributed by atoms with Crippen LogP contribution in [0.15, 0.2) is 24.3 Å². The van der Waals surface area contributed by atoms with Crippen molar-refractivity contribution in [2.75, 3.05) is 19.4 Å². The smallest absolute Gasteiger partial charge is 0.406 e. The van der Waals surface area contributed by atoms with Gasteiger partial charge in [-0.05, 0) is 24.1 Å². The number of benzene rings is 1. The molecule has 29 heavy (non-hydrogen) atoms. The Kier molecular flexibility index (Phi) is 6.57. The molecule has 2 heterocycles. The summed E-state index contributed by atoms with van der Waals surface area (Å²) >= 11 is 1.47. The minimum atomic E-state index is -0.677. The molecule has 10 nitrogen and oxygen atoms in total. The third-order valence-corrected chi connectivity index (χ3v) is 6.15. The predicted octanol–water partition coefficient (Wildman–Crippen LogP) is 1.47. The zero-order chi connectivity index (χ0) is 21.0. The highest BCUT2D eigenvalue weighted by Gasteiger charge is 2.54. The molecule has 2 aliphatic rings. The highest BCUT2D eigenvalue weighted by atomic mass is 32.2. The number of rotatable bonds is 8. The second-order valence-electron chi connectivity index (χ2n) is 6.67. The first-order valence-corrected chi connectivity index (χ1v) is 10.1. The Bertz CT molecular complexity index is 801. The average Bonchev–Trinajstić information content (AvgIpc) is 3.01. The first kappa shape index (κ1) is 20.9. The van der Waals surface area contributed by atoms with Crippen molar-refractivity contribution in [1.82, 2.24) is 10.2 Å². The van der Waals surface area contributed by atoms with Gasteiger partial charge >= 0.3 is 12.1 Å². The van der Waals surface area contributed by atoms with Crippen LogP contribution in [-0.4, -0.2) is 64.5 Å². The van der Waals surface area contributed by atoms with Crippen molar-refractivity contribution in [1.29, 1.82) is 0 Å². The lowest BCUT2D eigenvalue weighted by Gasteiger charge is -2.37. The largest absolute Gasteiger partial charge is 0.459 e. The molecule has 2 amide bonds. The van der Waals surface area contributed by atoms with Crippen molar-refractivity contribution in [3.63, 3.8) is 0 Å². The quantitative estimate of drug-likeness (QED) is 0.219. The molecule has 0 bridgehead atoms. The highest BCUT2D eigenvalue weighted by Crippen LogP contribution is 2.41. The number of hydrogen-bond donors (Lipinski definition) is 1. The van der Waals surface area contributed by atoms with Crippen LogP contribution >= 0.6 is 11.8 Å². The summed E-state index contributed by atoms with van der Waals surface area (Å²) < 4.78 is 10.3. The molecule has 1 aromatic carbocycles. The third kappa shape index (κ3) is 4.78. The minimum Gasteiger partial charge on any atom is -0.459 e. The van der Waals surface area contributed by atoms with Gasteiger partial charge < -0.3 is 19.7 Å². The second-order valence-corrected chi connectivity index (χ2v) is 8.01. The summed E-state index contributed by atoms with van der Waals surface area (Å²) in [5, 5.41) is 12.9. The molecule has 2 saturated heterocycles. The zero-order valence-electron chi connectivity index (χ0n) is 15.7. The molecule has 2 fully saturated rings. The summed E-state index contributed by atoms with van der Waals surface area (Å²) in [4.78, 5) is 47.6. The number of non-ortho nitro benzene ring substituents is 1. The Labute approximate surface area is 171 Å². The third-order valence-electron chi connectivity index (χ3n) is 4.87. The van der Waals surface area contributed by atoms with Crippen LogP contribution in [0.25, 0.3) is 0 Å². The first-order valence-electron chi connectivity index (χ1n) is 9.08. The van der Waals surface area contributed by atoms with E-state index in [1.165, 1.54) is 43.1 Å². The van der Waals surface area contributed by atoms with Crippen LogP contribution in [0, 0.1) is 10.1 Å². The van der Waals surface area contributed by atoms with Crippen LogP contribution < -0.4 is 5.32 Å². The van der Waals surface area contributed by atoms with Crippen LogP contribution in [0.5, 0.6) is 0 Å². The number of thioether (sulfide) groups is 1. The monoisotopic (exact) mass is 423 g/mol. The van der Waals surface area contributed by atoms with E-state index in [1.807, 2.05) is 0 Å². The van der Waals surface area contributed by atoms with Gasteiger partial charge in [-0.3, -0.25) is 14.9 Å². The highest BCUT2D eigenvalue weighted by molar-refractivity contribution is 8.00. The summed E-state index contributed by atoms with van der Waals surface area (Å²) in [6, 6.07) is 5.11. The molecule has 0 saturated carbocycles. The van der Waals surface area contributed by atoms with Gasteiger partial charge in [0, 0.05) is 42.6 Å². The number of amides is 2. The number of alkyl carbamates (subject to hydrolysis) is 1. The number of fused-ring (bicyclic) bond motifs is 1. The molecule has 3 unspecified atom stereocenters. The van der Waals surface area contributed by atoms with E-state index in [0.717, 1.165) is 0 Å². The van der Waals surface area contributed by atoms with Crippen molar-refractivity contribution < 1.29 is 28.8 Å². The van der Waals surface area contributed by atoms with Gasteiger partial charge in [0.15, 0.2) is 0 Å². The number of nitro benzene ring substituents is 1. The lowest BCUT2D eigenvalue weighted by atomic mass is 10.0. The number of esters is 1. The van der Waals surface area contributed by atoms with E-state index in [0.29, 0.717) is 24.2 Å². The second kappa shape index (κ2) is 9.12. The number of carbonyl (C=O) groups excluding carboxylic acids is 3. The molecule has 11 heteroatoms. The molecule has 1 N–H and O–H groups in total. The fraction of sp³-hybridized carbons (Fsp3) is 0.500. The Balaban J connectivity index is 1.55. The Morgan fingerprint density at radius 1 is 1.31 bits per heavy atom. The van der Waals surface area contributed by atoms with Gasteiger partial charge in [0.2, 0.25) is 5.91 Å². The minimum absolute atomic E-state index is 0.0306. The van der Waals surface area contributed by atoms with Gasteiger partial charge in [0.1, 0.15) is 19.3 Å². The lowest BCUT2D eigenvalue weighted by molar-refractivity contribution is -0.384. The fourth-order valence-electron chi connectivity index (χ4n) is 3.44. The van der Waals surface area contributed by atoms with Crippen molar-refractivity contribution in [3.8, 4) is 0 Å². The molecule has 0 aromatic heterocycles. The standard InChI is InChI=1S/C18H21N3O7S/c1-19-18(24)27-6-7-29-14-8-13-9-15(22)20(13)16(14)17(23)28-10-11-2-4-12(5-3-11)21(25)26/h2-5,13-14,16H,6-10H2,1H3,(H,19,24). The van der Waals surface area contributed by atoms with Gasteiger partial charge in [-0.15, -0.1) is 0 Å². The van der Waals surface area contributed by atoms with Crippen LogP contribution in [0.2, 0.25) is 0 Å². The average molecular weight is 423 g/mol. The van der Waals surface area contributed by atoms with Gasteiger partial charge in [0.25, 0.3) is 5.69 Å². The van der Waals surface area contributed by atoms with E-state index in [9.17, 15) is 24.5 Å². The van der Waals surface area contributed by atoms with Crippen LogP contribution in [-0.2, 0) is 25.7 Å². The topological polar surface area (TPSA) is 128 Å². The Morgan fingerprint density at radius 3 is 2.66 bits per heavy atom. The molecule has 0 radical (unpaired) electrons. The van der Waals surface area contributed by atoms with Crippen molar-refractivity contribution >= 4 is 35.4 Å². The predicted molar refractivity (Wildman–Crippen MR) is 103 cm³/mol. The van der Waals surface area contributed by atoms with Gasteiger partial charge in [-0.25, -0.2) is 9.59 Å². The van der Waals surface area contributed by atoms with E-state index in [2.05, 4.69) is 5.32 Å². The van der Waals surface area contributed by atoms with Gasteiger partial charge in [-0.2, -0.15) is 11.8 Å². The summed E-state index contributed by atoms with van der Waals surface area (Å²) in [6.07, 6.45) is 0.598. The maximum absolute atomic E-state index is 12.7. The van der Waals surface area contributed by atoms with E-state index in [4.69, 9.17) is 9.47 Å². The fourth-order valence-corrected chi connectivity index (χ4v) is 4.70. The Morgan fingerprint density at radius 2 is 2.03 bits per heavy atom. The number of nitrogens with zero attached hydrogens (tertiary/aromatic N) is 2. The SMILES string of the molecule is CNC(=O)OCCSC1CC2CC(=O)N2C1C(=O)OCc1ccc([N+](=O)[O-])cc1. The molecule has 1 aromatic rings. The number of nitrogens with one attached hydrogen (secondary N) is 1. The van der Waals surface area contributed by atoms with Crippen molar-refractivity contribution in [3.05, 3.63) is 39.9 Å². The van der Waals surface area contributed by atoms with E-state index >= 15 is 0 Å². The number of ether oxygens (including phenoxy) is 2. The number of nitro groups is 1. The molecule has 3 atom stereocenters. The van der Waals surface area contributed by atoms with E-state index in [-0.39, 0.29) is 36.1 Å². The lowest BCUT2D eigenvalue weighted by Crippen LogP contribution is -2.55. The zero-order valence-corrected chi connectivity index (χ0v) is 16.6. The summed E-state index contributed by atoms with van der Waals surface area (Å²) in [5.41, 5.74) is 0.580. The number of β-lactam (4-membered cyclic amide) rings is 1. The molecule has 0 spiro atoms. The summed E-state index contributed by atoms with van der Waals surface area (Å²) in [6.45, 7) is 0.168. The molecular weight excluding hydrogens is 402 g/mol. The number of carbonyl (C=O) groups is 3. The van der Waals surface area contributed by atoms with E-state index < -0.39 is 23.0 Å². The first-order chi connectivity index (χ1) is 13.9. The molecule has 3 rings (SSSR count). The molecule has 156 valence electrons. The summed E-state index contributed by atoms with van der Waals surface area (Å²) in [5.74, 6) is -0.0699. The van der Waals surface area contributed by atoms with E-state index in [1.54, 1.807) is 4.90 Å². The molecule has 0 aliphatic carbocycles. The van der Waals surface area contributed by atoms with Crippen LogP contribution in [0.3, 0.4) is 0 Å². The molecule has 2 aliphatic heterocycles. The van der Waals surface area contributed by atoms with Crippen LogP contribution in [0.1, 0.15) is 18.4 Å². The summed E-state index contributed by atoms with van der Waals surface area (Å²) in [7, 11) is 1.47. The van der Waals surface area contributed by atoms with Gasteiger partial charge in [-0.1, -0.05) is 0 Å². The Hall–Kier alpha value is -2.82. The van der Waals surface area contributed by atoms with Gasteiger partial charge in [0.05, 0.1) is 4.92 Å². The molecular formula is C18H21N3O7S. The number of hydrogen-bond acceptors (Lipinski definition) is 8. The van der Waals surface area contributed by atoms with Crippen LogP contribution in [0.4, 0.5) is 10.5 Å². The van der Waals surface area contributed by atoms with Crippen molar-refractivity contribution in [2.24, 2.45) is 0 Å². The maximum atomic E-state index is 12.7. The normalized spacial score (nSPS) is 22.4.